The molecule has 0 bridgehead atoms. The van der Waals surface area contributed by atoms with E-state index in [2.05, 4.69) is 15.2 Å². The van der Waals surface area contributed by atoms with E-state index in [-0.39, 0.29) is 10.8 Å². The average Bonchev–Trinajstić information content (AvgIpc) is 2.86. The van der Waals surface area contributed by atoms with E-state index in [0.29, 0.717) is 6.54 Å². The van der Waals surface area contributed by atoms with Gasteiger partial charge in [-0.3, -0.25) is 5.10 Å². The average molecular weight is 270 g/mol. The topological polar surface area (TPSA) is 95.5 Å². The van der Waals surface area contributed by atoms with Crippen molar-refractivity contribution in [3.8, 4) is 0 Å². The Balaban J connectivity index is 2.38. The van der Waals surface area contributed by atoms with Gasteiger partial charge in [-0.15, -0.1) is 0 Å². The predicted molar refractivity (Wildman–Crippen MR) is 62.8 cm³/mol. The lowest BCUT2D eigenvalue weighted by Gasteiger charge is -2.35. The predicted octanol–water partition coefficient (Wildman–Crippen LogP) is 0.492. The van der Waals surface area contributed by atoms with E-state index >= 15 is 0 Å². The smallest absolute Gasteiger partial charge is 0.248 e. The van der Waals surface area contributed by atoms with Crippen LogP contribution in [-0.4, -0.2) is 41.7 Å². The van der Waals surface area contributed by atoms with Crippen molar-refractivity contribution in [3.05, 3.63) is 12.4 Å². The molecular weight excluding hydrogens is 256 g/mol. The van der Waals surface area contributed by atoms with Crippen molar-refractivity contribution < 1.29 is 13.2 Å². The van der Waals surface area contributed by atoms with E-state index in [1.165, 1.54) is 22.8 Å². The zero-order valence-electron chi connectivity index (χ0n) is 9.91. The van der Waals surface area contributed by atoms with Gasteiger partial charge in [0.15, 0.2) is 0 Å². The Hall–Kier alpha value is -1.50. The number of nitrogens with zero attached hydrogens (tertiary/aromatic N) is 3. The number of hydrogen-bond donors (Lipinski definition) is 1. The van der Waals surface area contributed by atoms with Crippen LogP contribution in [0.15, 0.2) is 22.3 Å². The van der Waals surface area contributed by atoms with E-state index in [4.69, 9.17) is 0 Å². The summed E-state index contributed by atoms with van der Waals surface area (Å²) in [4.78, 5) is 14.2. The van der Waals surface area contributed by atoms with Crippen LogP contribution in [0.3, 0.4) is 0 Å². The third-order valence-electron chi connectivity index (χ3n) is 3.11. The summed E-state index contributed by atoms with van der Waals surface area (Å²) in [5, 5.41) is 6.10. The highest BCUT2D eigenvalue weighted by Gasteiger charge is 2.37. The Morgan fingerprint density at radius 1 is 1.61 bits per heavy atom. The fraction of sp³-hybridized carbons (Fsp3) is 0.600. The molecule has 98 valence electrons. The highest BCUT2D eigenvalue weighted by atomic mass is 32.2. The molecule has 2 atom stereocenters. The molecule has 0 saturated carbocycles. The van der Waals surface area contributed by atoms with Gasteiger partial charge < -0.3 is 0 Å². The molecule has 8 heteroatoms. The highest BCUT2D eigenvalue weighted by molar-refractivity contribution is 7.89. The van der Waals surface area contributed by atoms with Gasteiger partial charge in [-0.25, -0.2) is 13.2 Å². The second-order valence-electron chi connectivity index (χ2n) is 4.30. The summed E-state index contributed by atoms with van der Waals surface area (Å²) in [7, 11) is -3.66. The lowest BCUT2D eigenvalue weighted by atomic mass is 9.98. The molecule has 18 heavy (non-hydrogen) atoms. The maximum atomic E-state index is 12.4. The summed E-state index contributed by atoms with van der Waals surface area (Å²) in [5.74, 6) is 0.00174. The first-order valence-corrected chi connectivity index (χ1v) is 7.09. The quantitative estimate of drug-likeness (QED) is 0.638. The Morgan fingerprint density at radius 2 is 2.39 bits per heavy atom. The molecule has 0 aromatic carbocycles. The van der Waals surface area contributed by atoms with Crippen molar-refractivity contribution in [2.24, 2.45) is 10.9 Å². The fourth-order valence-electron chi connectivity index (χ4n) is 2.16. The van der Waals surface area contributed by atoms with Crippen LogP contribution in [0.4, 0.5) is 0 Å². The van der Waals surface area contributed by atoms with Gasteiger partial charge in [0.25, 0.3) is 0 Å². The van der Waals surface area contributed by atoms with Crippen molar-refractivity contribution in [2.75, 3.05) is 6.54 Å². The number of sulfonamides is 1. The minimum atomic E-state index is -3.66. The molecule has 2 unspecified atom stereocenters. The molecule has 1 aliphatic rings. The van der Waals surface area contributed by atoms with Crippen LogP contribution in [-0.2, 0) is 14.8 Å². The van der Waals surface area contributed by atoms with Crippen molar-refractivity contribution in [3.63, 3.8) is 0 Å². The minimum Gasteiger partial charge on any atom is -0.284 e. The molecule has 0 aliphatic carbocycles. The first-order valence-electron chi connectivity index (χ1n) is 5.65. The number of hydrogen-bond acceptors (Lipinski definition) is 5. The molecule has 1 aromatic heterocycles. The molecule has 7 nitrogen and oxygen atoms in total. The molecule has 1 saturated heterocycles. The molecule has 0 amide bonds. The lowest BCUT2D eigenvalue weighted by Crippen LogP contribution is -2.46. The van der Waals surface area contributed by atoms with Crippen LogP contribution >= 0.6 is 0 Å². The first-order chi connectivity index (χ1) is 8.57. The monoisotopic (exact) mass is 270 g/mol. The zero-order valence-corrected chi connectivity index (χ0v) is 10.7. The standard InChI is InChI=1S/C10H14N4O3S/c1-8-3-2-4-14(10(8)11-7-15)18(16,17)9-5-12-13-6-9/h5-6,8,10H,2-4H2,1H3,(H,12,13). The number of aromatic amines is 1. The zero-order chi connectivity index (χ0) is 13.2. The molecule has 0 radical (unpaired) electrons. The highest BCUT2D eigenvalue weighted by Crippen LogP contribution is 2.29. The maximum absolute atomic E-state index is 12.4. The SMILES string of the molecule is CC1CCCN(S(=O)(=O)c2cn[nH]c2)C1N=C=O. The number of aromatic nitrogens is 2. The number of aliphatic imine (C=N–C) groups is 1. The second kappa shape index (κ2) is 5.01. The summed E-state index contributed by atoms with van der Waals surface area (Å²) in [6.45, 7) is 2.23. The molecule has 1 fully saturated rings. The number of nitrogens with one attached hydrogen (secondary N) is 1. The molecule has 2 rings (SSSR count). The fourth-order valence-corrected chi connectivity index (χ4v) is 3.72. The summed E-state index contributed by atoms with van der Waals surface area (Å²) < 4.78 is 26.0. The van der Waals surface area contributed by atoms with E-state index < -0.39 is 16.2 Å². The Kier molecular flexibility index (Phi) is 3.60. The Labute approximate surface area is 105 Å². The lowest BCUT2D eigenvalue weighted by molar-refractivity contribution is 0.194. The number of H-pyrrole nitrogens is 1. The van der Waals surface area contributed by atoms with Gasteiger partial charge in [-0.1, -0.05) is 6.92 Å². The Morgan fingerprint density at radius 3 is 3.00 bits per heavy atom. The molecular formula is C10H14N4O3S. The van der Waals surface area contributed by atoms with Gasteiger partial charge in [-0.2, -0.15) is 14.4 Å². The van der Waals surface area contributed by atoms with Gasteiger partial charge in [0, 0.05) is 12.7 Å². The van der Waals surface area contributed by atoms with Crippen LogP contribution in [0.2, 0.25) is 0 Å². The number of isocyanates is 1. The Bertz CT molecular complexity index is 548. The summed E-state index contributed by atoms with van der Waals surface area (Å²) in [6, 6.07) is 0. The summed E-state index contributed by atoms with van der Waals surface area (Å²) in [6.07, 6.45) is 4.95. The van der Waals surface area contributed by atoms with Crippen LogP contribution in [0.1, 0.15) is 19.8 Å². The van der Waals surface area contributed by atoms with Crippen LogP contribution < -0.4 is 0 Å². The third-order valence-corrected chi connectivity index (χ3v) is 4.94. The van der Waals surface area contributed by atoms with Gasteiger partial charge in [0.1, 0.15) is 11.1 Å². The number of carbonyl (C=O) groups excluding carboxylic acids is 1. The molecule has 0 spiro atoms. The van der Waals surface area contributed by atoms with Crippen molar-refractivity contribution >= 4 is 16.1 Å². The summed E-state index contributed by atoms with van der Waals surface area (Å²) >= 11 is 0. The van der Waals surface area contributed by atoms with Crippen LogP contribution in [0.5, 0.6) is 0 Å². The summed E-state index contributed by atoms with van der Waals surface area (Å²) in [5.41, 5.74) is 0. The minimum absolute atomic E-state index is 0.00174. The molecule has 1 aromatic rings. The molecule has 2 heterocycles. The van der Waals surface area contributed by atoms with E-state index in [1.807, 2.05) is 6.92 Å². The molecule has 1 N–H and O–H groups in total. The van der Waals surface area contributed by atoms with Crippen LogP contribution in [0.25, 0.3) is 0 Å². The first kappa shape index (κ1) is 12.9. The number of piperidine rings is 1. The maximum Gasteiger partial charge on any atom is 0.248 e. The van der Waals surface area contributed by atoms with Gasteiger partial charge in [-0.05, 0) is 18.8 Å². The number of rotatable bonds is 3. The normalized spacial score (nSPS) is 25.6. The largest absolute Gasteiger partial charge is 0.284 e. The van der Waals surface area contributed by atoms with Gasteiger partial charge >= 0.3 is 0 Å². The van der Waals surface area contributed by atoms with Gasteiger partial charge in [0.05, 0.1) is 6.20 Å². The third kappa shape index (κ3) is 2.22. The van der Waals surface area contributed by atoms with Crippen molar-refractivity contribution in [2.45, 2.75) is 30.8 Å². The molecule has 1 aliphatic heterocycles. The second-order valence-corrected chi connectivity index (χ2v) is 6.19. The van der Waals surface area contributed by atoms with E-state index in [1.54, 1.807) is 0 Å². The van der Waals surface area contributed by atoms with Crippen molar-refractivity contribution in [1.82, 2.24) is 14.5 Å². The van der Waals surface area contributed by atoms with Crippen molar-refractivity contribution in [1.29, 1.82) is 0 Å². The van der Waals surface area contributed by atoms with E-state index in [9.17, 15) is 13.2 Å². The van der Waals surface area contributed by atoms with E-state index in [0.717, 1.165) is 12.8 Å². The van der Waals surface area contributed by atoms with Crippen LogP contribution in [0, 0.1) is 5.92 Å². The van der Waals surface area contributed by atoms with Gasteiger partial charge in [0.2, 0.25) is 16.1 Å².